The van der Waals surface area contributed by atoms with Crippen molar-refractivity contribution in [3.05, 3.63) is 176 Å². The van der Waals surface area contributed by atoms with Crippen molar-refractivity contribution in [1.29, 1.82) is 0 Å². The molecule has 0 saturated carbocycles. The summed E-state index contributed by atoms with van der Waals surface area (Å²) in [6.07, 6.45) is 1.84. The van der Waals surface area contributed by atoms with Gasteiger partial charge in [0.1, 0.15) is 0 Å². The van der Waals surface area contributed by atoms with Gasteiger partial charge in [-0.05, 0) is 103 Å². The highest BCUT2D eigenvalue weighted by atomic mass is 14.7. The molecule has 0 radical (unpaired) electrons. The first-order valence-corrected chi connectivity index (χ1v) is 15.9. The van der Waals surface area contributed by atoms with E-state index in [2.05, 4.69) is 177 Å². The van der Waals surface area contributed by atoms with Crippen molar-refractivity contribution >= 4 is 0 Å². The average Bonchev–Trinajstić information content (AvgIpc) is 3.12. The van der Waals surface area contributed by atoms with E-state index in [9.17, 15) is 0 Å². The monoisotopic (exact) mass is 591 g/mol. The number of pyridine rings is 1. The van der Waals surface area contributed by atoms with Gasteiger partial charge in [-0.3, -0.25) is 4.98 Å². The minimum Gasteiger partial charge on any atom is -0.256 e. The maximum Gasteiger partial charge on any atom is 0.0702 e. The Morgan fingerprint density at radius 2 is 0.674 bits per heavy atom. The van der Waals surface area contributed by atoms with Crippen LogP contribution in [0.1, 0.15) is 26.3 Å². The van der Waals surface area contributed by atoms with Gasteiger partial charge in [-0.25, -0.2) is 0 Å². The number of hydrogen-bond donors (Lipinski definition) is 0. The molecule has 0 aliphatic carbocycles. The summed E-state index contributed by atoms with van der Waals surface area (Å²) in [5, 5.41) is 0. The van der Waals surface area contributed by atoms with Crippen molar-refractivity contribution in [2.45, 2.75) is 26.2 Å². The van der Waals surface area contributed by atoms with Crippen molar-refractivity contribution in [1.82, 2.24) is 4.98 Å². The zero-order valence-electron chi connectivity index (χ0n) is 26.6. The molecule has 7 aromatic rings. The second-order valence-corrected chi connectivity index (χ2v) is 12.9. The Morgan fingerprint density at radius 3 is 1.04 bits per heavy atom. The second kappa shape index (κ2) is 12.5. The van der Waals surface area contributed by atoms with Gasteiger partial charge in [0.25, 0.3) is 0 Å². The summed E-state index contributed by atoms with van der Waals surface area (Å²) in [4.78, 5) is 4.52. The first kappa shape index (κ1) is 29.2. The third-order valence-electron chi connectivity index (χ3n) is 8.71. The Morgan fingerprint density at radius 1 is 0.326 bits per heavy atom. The lowest BCUT2D eigenvalue weighted by Gasteiger charge is -2.19. The third kappa shape index (κ3) is 6.32. The molecule has 1 aromatic heterocycles. The predicted molar refractivity (Wildman–Crippen MR) is 196 cm³/mol. The average molecular weight is 592 g/mol. The fourth-order valence-electron chi connectivity index (χ4n) is 6.04. The van der Waals surface area contributed by atoms with Gasteiger partial charge >= 0.3 is 0 Å². The predicted octanol–water partition coefficient (Wildman–Crippen LogP) is 12.4. The summed E-state index contributed by atoms with van der Waals surface area (Å²) in [6.45, 7) is 6.77. The van der Waals surface area contributed by atoms with Crippen LogP contribution in [0, 0.1) is 0 Å². The Hall–Kier alpha value is -5.53. The van der Waals surface area contributed by atoms with E-state index in [1.54, 1.807) is 0 Å². The van der Waals surface area contributed by atoms with E-state index in [0.717, 1.165) is 11.3 Å². The Bertz CT molecular complexity index is 2100. The van der Waals surface area contributed by atoms with Crippen molar-refractivity contribution in [3.63, 3.8) is 0 Å². The van der Waals surface area contributed by atoms with Crippen LogP contribution in [0.25, 0.3) is 66.9 Å². The van der Waals surface area contributed by atoms with Crippen LogP contribution >= 0.6 is 0 Å². The van der Waals surface area contributed by atoms with Crippen LogP contribution in [-0.4, -0.2) is 4.98 Å². The largest absolute Gasteiger partial charge is 0.256 e. The maximum atomic E-state index is 4.52. The van der Waals surface area contributed by atoms with Crippen LogP contribution < -0.4 is 0 Å². The maximum absolute atomic E-state index is 4.52. The van der Waals surface area contributed by atoms with E-state index >= 15 is 0 Å². The van der Waals surface area contributed by atoms with Gasteiger partial charge in [0, 0.05) is 11.8 Å². The van der Waals surface area contributed by atoms with Gasteiger partial charge in [0.15, 0.2) is 0 Å². The summed E-state index contributed by atoms with van der Waals surface area (Å²) >= 11 is 0. The Labute approximate surface area is 272 Å². The minimum absolute atomic E-state index is 0.148. The lowest BCUT2D eigenvalue weighted by Crippen LogP contribution is -2.10. The highest BCUT2D eigenvalue weighted by Gasteiger charge is 2.13. The lowest BCUT2D eigenvalue weighted by molar-refractivity contribution is 0.590. The highest BCUT2D eigenvalue weighted by Crippen LogP contribution is 2.33. The normalized spacial score (nSPS) is 11.4. The Kier molecular flexibility index (Phi) is 7.91. The van der Waals surface area contributed by atoms with Crippen LogP contribution in [0.4, 0.5) is 0 Å². The molecule has 7 rings (SSSR count). The second-order valence-electron chi connectivity index (χ2n) is 12.9. The van der Waals surface area contributed by atoms with E-state index in [0.29, 0.717) is 0 Å². The molecule has 0 N–H and O–H groups in total. The zero-order valence-corrected chi connectivity index (χ0v) is 26.6. The number of aromatic nitrogens is 1. The number of benzene rings is 6. The first-order chi connectivity index (χ1) is 22.4. The van der Waals surface area contributed by atoms with E-state index in [1.807, 2.05) is 18.3 Å². The first-order valence-electron chi connectivity index (χ1n) is 15.9. The van der Waals surface area contributed by atoms with Gasteiger partial charge in [0.2, 0.25) is 0 Å². The van der Waals surface area contributed by atoms with Crippen molar-refractivity contribution < 1.29 is 0 Å². The quantitative estimate of drug-likeness (QED) is 0.187. The molecule has 0 aliphatic rings. The molecular weight excluding hydrogens is 555 g/mol. The molecule has 1 heterocycles. The standard InChI is InChI=1S/C45H37N/c1-45(2,3)43-25-23-34(24-26-43)36-11-7-14-39(29-36)41-16-8-15-40(30-41)38-13-6-10-35(28-38)32-19-21-33(22-20-32)37-12-9-17-42(31-37)44-18-4-5-27-46-44/h4-31H,1-3H3. The summed E-state index contributed by atoms with van der Waals surface area (Å²) in [7, 11) is 0. The third-order valence-corrected chi connectivity index (χ3v) is 8.71. The van der Waals surface area contributed by atoms with Crippen LogP contribution in [0.15, 0.2) is 170 Å². The van der Waals surface area contributed by atoms with Gasteiger partial charge in [-0.1, -0.05) is 148 Å². The SMILES string of the molecule is CC(C)(C)c1ccc(-c2cccc(-c3cccc(-c4cccc(-c5ccc(-c6cccc(-c7ccccn7)c6)cc5)c4)c3)c2)cc1. The summed E-state index contributed by atoms with van der Waals surface area (Å²) in [5.74, 6) is 0. The van der Waals surface area contributed by atoms with E-state index in [-0.39, 0.29) is 5.41 Å². The highest BCUT2D eigenvalue weighted by molar-refractivity contribution is 5.80. The van der Waals surface area contributed by atoms with E-state index < -0.39 is 0 Å². The molecule has 0 unspecified atom stereocenters. The molecule has 0 saturated heterocycles. The van der Waals surface area contributed by atoms with Crippen LogP contribution in [-0.2, 0) is 5.41 Å². The van der Waals surface area contributed by atoms with Crippen molar-refractivity contribution in [2.75, 3.05) is 0 Å². The van der Waals surface area contributed by atoms with Crippen molar-refractivity contribution in [2.24, 2.45) is 0 Å². The summed E-state index contributed by atoms with van der Waals surface area (Å²) < 4.78 is 0. The van der Waals surface area contributed by atoms with Gasteiger partial charge in [-0.15, -0.1) is 0 Å². The van der Waals surface area contributed by atoms with E-state index in [4.69, 9.17) is 0 Å². The molecule has 222 valence electrons. The molecule has 1 nitrogen and oxygen atoms in total. The van der Waals surface area contributed by atoms with Gasteiger partial charge in [0.05, 0.1) is 5.69 Å². The van der Waals surface area contributed by atoms with E-state index in [1.165, 1.54) is 61.2 Å². The fraction of sp³-hybridized carbons (Fsp3) is 0.0889. The van der Waals surface area contributed by atoms with Crippen LogP contribution in [0.2, 0.25) is 0 Å². The zero-order chi connectivity index (χ0) is 31.5. The molecule has 0 fully saturated rings. The lowest BCUT2D eigenvalue weighted by atomic mass is 9.86. The fourth-order valence-corrected chi connectivity index (χ4v) is 6.04. The molecular formula is C45H37N. The van der Waals surface area contributed by atoms with Gasteiger partial charge < -0.3 is 0 Å². The molecule has 6 aromatic carbocycles. The minimum atomic E-state index is 0.148. The van der Waals surface area contributed by atoms with Crippen molar-refractivity contribution in [3.8, 4) is 66.9 Å². The summed E-state index contributed by atoms with van der Waals surface area (Å²) in [5.41, 5.74) is 15.7. The molecule has 1 heteroatoms. The van der Waals surface area contributed by atoms with Crippen LogP contribution in [0.3, 0.4) is 0 Å². The molecule has 46 heavy (non-hydrogen) atoms. The molecule has 0 bridgehead atoms. The Balaban J connectivity index is 1.13. The molecule has 0 amide bonds. The molecule has 0 atom stereocenters. The molecule has 0 spiro atoms. The number of rotatable bonds is 6. The molecule has 0 aliphatic heterocycles. The topological polar surface area (TPSA) is 12.9 Å². The van der Waals surface area contributed by atoms with Crippen LogP contribution in [0.5, 0.6) is 0 Å². The smallest absolute Gasteiger partial charge is 0.0702 e. The number of nitrogens with zero attached hydrogens (tertiary/aromatic N) is 1. The number of hydrogen-bond acceptors (Lipinski definition) is 1. The van der Waals surface area contributed by atoms with Gasteiger partial charge in [-0.2, -0.15) is 0 Å². The summed E-state index contributed by atoms with van der Waals surface area (Å²) in [6, 6.07) is 59.1.